The largest absolute Gasteiger partial charge is 0.361 e. The molecule has 3 aromatic heterocycles. The van der Waals surface area contributed by atoms with E-state index in [1.54, 1.807) is 0 Å². The summed E-state index contributed by atoms with van der Waals surface area (Å²) in [6.07, 6.45) is 3.97. The van der Waals surface area contributed by atoms with Crippen LogP contribution in [0.4, 0.5) is 0 Å². The van der Waals surface area contributed by atoms with Gasteiger partial charge in [-0.2, -0.15) is 0 Å². The highest BCUT2D eigenvalue weighted by Crippen LogP contribution is 2.32. The third-order valence-electron chi connectivity index (χ3n) is 6.07. The molecule has 0 aliphatic carbocycles. The maximum atomic E-state index is 6.24. The van der Waals surface area contributed by atoms with E-state index in [4.69, 9.17) is 21.1 Å². The average Bonchev–Trinajstić information content (AvgIpc) is 3.33. The summed E-state index contributed by atoms with van der Waals surface area (Å²) >= 11 is 6.24. The van der Waals surface area contributed by atoms with E-state index >= 15 is 0 Å². The second-order valence-electron chi connectivity index (χ2n) is 11.6. The fraction of sp³-hybridized carbons (Fsp3) is 0.462. The molecule has 188 valence electrons. The van der Waals surface area contributed by atoms with Gasteiger partial charge in [-0.1, -0.05) is 56.9 Å². The van der Waals surface area contributed by atoms with Gasteiger partial charge >= 0.3 is 0 Å². The molecule has 4 rings (SSSR count). The van der Waals surface area contributed by atoms with Crippen LogP contribution >= 0.6 is 11.6 Å². The van der Waals surface area contributed by atoms with Gasteiger partial charge < -0.3 is 18.6 Å². The molecule has 0 unspecified atom stereocenters. The predicted octanol–water partition coefficient (Wildman–Crippen LogP) is 7.33. The zero-order valence-electron chi connectivity index (χ0n) is 21.8. The van der Waals surface area contributed by atoms with Crippen molar-refractivity contribution >= 4 is 49.8 Å². The number of benzene rings is 1. The van der Waals surface area contributed by atoms with Crippen LogP contribution in [-0.2, 0) is 22.9 Å². The van der Waals surface area contributed by atoms with Crippen molar-refractivity contribution in [1.82, 2.24) is 19.1 Å². The Morgan fingerprint density at radius 2 is 1.51 bits per heavy atom. The van der Waals surface area contributed by atoms with Crippen LogP contribution in [0.25, 0.3) is 33.2 Å². The predicted molar refractivity (Wildman–Crippen MR) is 152 cm³/mol. The molecule has 0 N–H and O–H groups in total. The molecule has 35 heavy (non-hydrogen) atoms. The van der Waals surface area contributed by atoms with Gasteiger partial charge in [0.15, 0.2) is 0 Å². The lowest BCUT2D eigenvalue weighted by molar-refractivity contribution is 0.0898. The summed E-state index contributed by atoms with van der Waals surface area (Å²) in [4.78, 5) is 9.24. The first kappa shape index (κ1) is 26.1. The smallest absolute Gasteiger partial charge is 0.144 e. The first-order valence-corrected chi connectivity index (χ1v) is 20.1. The van der Waals surface area contributed by atoms with E-state index in [-0.39, 0.29) is 0 Å². The minimum absolute atomic E-state index is 0.458. The number of hydrogen-bond donors (Lipinski definition) is 0. The first-order chi connectivity index (χ1) is 16.5. The number of fused-ring (bicyclic) bond motifs is 2. The van der Waals surface area contributed by atoms with Gasteiger partial charge in [-0.15, -0.1) is 0 Å². The number of imidazole rings is 1. The van der Waals surface area contributed by atoms with Gasteiger partial charge in [0, 0.05) is 46.5 Å². The zero-order valence-corrected chi connectivity index (χ0v) is 24.5. The summed E-state index contributed by atoms with van der Waals surface area (Å²) in [6, 6.07) is 12.6. The topological polar surface area (TPSA) is 54.1 Å². The van der Waals surface area contributed by atoms with E-state index < -0.39 is 16.1 Å². The summed E-state index contributed by atoms with van der Waals surface area (Å²) in [6.45, 7) is 16.7. The highest BCUT2D eigenvalue weighted by Gasteiger charge is 2.16. The lowest BCUT2D eigenvalue weighted by Crippen LogP contribution is -2.22. The number of nitrogens with zero attached hydrogens (tertiary/aromatic N) is 4. The number of aromatic nitrogens is 4. The minimum atomic E-state index is -1.14. The van der Waals surface area contributed by atoms with Crippen molar-refractivity contribution in [3.05, 3.63) is 48.0 Å². The molecular formula is C26H37ClN4O2Si2. The number of ether oxygens (including phenoxy) is 2. The molecule has 6 nitrogen and oxygen atoms in total. The van der Waals surface area contributed by atoms with Gasteiger partial charge in [0.05, 0.1) is 17.4 Å². The normalized spacial score (nSPS) is 12.8. The molecule has 0 spiro atoms. The van der Waals surface area contributed by atoms with Gasteiger partial charge in [0.1, 0.15) is 24.3 Å². The van der Waals surface area contributed by atoms with Gasteiger partial charge in [-0.05, 0) is 41.9 Å². The van der Waals surface area contributed by atoms with Crippen LogP contribution in [-0.4, -0.2) is 48.5 Å². The second kappa shape index (κ2) is 10.6. The molecule has 0 aliphatic rings. The molecule has 0 amide bonds. The van der Waals surface area contributed by atoms with Crippen LogP contribution in [0.3, 0.4) is 0 Å². The van der Waals surface area contributed by atoms with E-state index in [9.17, 15) is 0 Å². The molecular weight excluding hydrogens is 492 g/mol. The highest BCUT2D eigenvalue weighted by molar-refractivity contribution is 6.76. The SMILES string of the molecule is C[Si](C)(C)CCOCn1cnc2cc(-c3cn(COCC[Si](C)(C)C)c4nc(Cl)ccc34)ccc21. The molecule has 0 radical (unpaired) electrons. The average molecular weight is 529 g/mol. The van der Waals surface area contributed by atoms with Gasteiger partial charge in [0.25, 0.3) is 0 Å². The van der Waals surface area contributed by atoms with Crippen LogP contribution in [0.1, 0.15) is 0 Å². The molecule has 0 aliphatic heterocycles. The van der Waals surface area contributed by atoms with Crippen LogP contribution in [0.2, 0.25) is 56.5 Å². The lowest BCUT2D eigenvalue weighted by atomic mass is 10.1. The number of halogens is 1. The fourth-order valence-electron chi connectivity index (χ4n) is 3.89. The van der Waals surface area contributed by atoms with Crippen molar-refractivity contribution < 1.29 is 9.47 Å². The van der Waals surface area contributed by atoms with Crippen molar-refractivity contribution in [3.63, 3.8) is 0 Å². The van der Waals surface area contributed by atoms with Gasteiger partial charge in [-0.25, -0.2) is 9.97 Å². The summed E-state index contributed by atoms with van der Waals surface area (Å²) in [5, 5.41) is 1.53. The minimum Gasteiger partial charge on any atom is -0.361 e. The van der Waals surface area contributed by atoms with Crippen molar-refractivity contribution in [3.8, 4) is 11.1 Å². The lowest BCUT2D eigenvalue weighted by Gasteiger charge is -2.15. The van der Waals surface area contributed by atoms with Crippen LogP contribution in [0, 0.1) is 0 Å². The number of pyridine rings is 1. The maximum Gasteiger partial charge on any atom is 0.144 e. The fourth-order valence-corrected chi connectivity index (χ4v) is 5.54. The Kier molecular flexibility index (Phi) is 7.87. The zero-order chi connectivity index (χ0) is 25.2. The number of hydrogen-bond acceptors (Lipinski definition) is 4. The van der Waals surface area contributed by atoms with E-state index in [1.165, 1.54) is 0 Å². The van der Waals surface area contributed by atoms with E-state index in [2.05, 4.69) is 82.8 Å². The van der Waals surface area contributed by atoms with Crippen LogP contribution in [0.15, 0.2) is 42.9 Å². The van der Waals surface area contributed by atoms with Crippen molar-refractivity contribution in [1.29, 1.82) is 0 Å². The monoisotopic (exact) mass is 528 g/mol. The first-order valence-electron chi connectivity index (χ1n) is 12.3. The second-order valence-corrected chi connectivity index (χ2v) is 23.3. The van der Waals surface area contributed by atoms with Crippen molar-refractivity contribution in [2.45, 2.75) is 64.8 Å². The summed E-state index contributed by atoms with van der Waals surface area (Å²) < 4.78 is 16.1. The molecule has 0 saturated carbocycles. The molecule has 0 saturated heterocycles. The molecule has 9 heteroatoms. The molecule has 1 aromatic carbocycles. The Hall–Kier alpha value is -1.98. The number of rotatable bonds is 11. The van der Waals surface area contributed by atoms with E-state index in [1.807, 2.05) is 18.5 Å². The molecule has 4 aromatic rings. The summed E-state index contributed by atoms with van der Waals surface area (Å²) in [7, 11) is -2.23. The molecule has 0 fully saturated rings. The quantitative estimate of drug-likeness (QED) is 0.116. The summed E-state index contributed by atoms with van der Waals surface area (Å²) in [5.74, 6) is 0. The van der Waals surface area contributed by atoms with Gasteiger partial charge in [-0.3, -0.25) is 0 Å². The Morgan fingerprint density at radius 3 is 2.17 bits per heavy atom. The van der Waals surface area contributed by atoms with Crippen LogP contribution in [0.5, 0.6) is 0 Å². The van der Waals surface area contributed by atoms with Crippen molar-refractivity contribution in [2.75, 3.05) is 13.2 Å². The molecule has 0 bridgehead atoms. The Morgan fingerprint density at radius 1 is 0.857 bits per heavy atom. The Labute approximate surface area is 215 Å². The third kappa shape index (κ3) is 6.83. The molecule has 3 heterocycles. The molecule has 0 atom stereocenters. The standard InChI is InChI=1S/C26H37ClN4O2Si2/c1-34(2,3)13-11-32-18-30-16-22(21-8-10-25(27)29-26(21)30)20-7-9-24-23(15-20)28-17-31(24)19-33-12-14-35(4,5)6/h7-10,15-17H,11-14,18-19H2,1-6H3. The van der Waals surface area contributed by atoms with E-state index in [0.29, 0.717) is 18.6 Å². The highest BCUT2D eigenvalue weighted by atomic mass is 35.5. The van der Waals surface area contributed by atoms with Crippen molar-refractivity contribution in [2.24, 2.45) is 0 Å². The van der Waals surface area contributed by atoms with Crippen LogP contribution < -0.4 is 0 Å². The third-order valence-corrected chi connectivity index (χ3v) is 9.69. The Balaban J connectivity index is 1.55. The van der Waals surface area contributed by atoms with E-state index in [0.717, 1.165) is 58.5 Å². The summed E-state index contributed by atoms with van der Waals surface area (Å²) in [5.41, 5.74) is 5.05. The Bertz CT molecular complexity index is 1300. The maximum absolute atomic E-state index is 6.24. The van der Waals surface area contributed by atoms with Gasteiger partial charge in [0.2, 0.25) is 0 Å².